The number of aliphatic hydroxyl groups excluding tert-OH is 1. The molecule has 1 aromatic heterocycles. The van der Waals surface area contributed by atoms with Gasteiger partial charge < -0.3 is 14.9 Å². The van der Waals surface area contributed by atoms with Gasteiger partial charge in [-0.05, 0) is 22.0 Å². The van der Waals surface area contributed by atoms with Gasteiger partial charge in [-0.1, -0.05) is 0 Å². The molecule has 112 valence electrons. The van der Waals surface area contributed by atoms with Crippen LogP contribution in [-0.2, 0) is 19.6 Å². The van der Waals surface area contributed by atoms with Crippen LogP contribution in [0.4, 0.5) is 0 Å². The van der Waals surface area contributed by atoms with E-state index in [0.29, 0.717) is 0 Å². The Bertz CT molecular complexity index is 624. The molecule has 0 radical (unpaired) electrons. The summed E-state index contributed by atoms with van der Waals surface area (Å²) in [5, 5.41) is 17.5. The Morgan fingerprint density at radius 3 is 2.60 bits per heavy atom. The van der Waals surface area contributed by atoms with E-state index in [2.05, 4.69) is 20.7 Å². The van der Waals surface area contributed by atoms with Crippen molar-refractivity contribution in [2.45, 2.75) is 10.9 Å². The molecule has 1 unspecified atom stereocenters. The van der Waals surface area contributed by atoms with E-state index in [0.717, 1.165) is 24.5 Å². The summed E-state index contributed by atoms with van der Waals surface area (Å²) in [4.78, 5) is 21.8. The average molecular weight is 388 g/mol. The molecule has 0 saturated heterocycles. The highest BCUT2D eigenvalue weighted by molar-refractivity contribution is 9.11. The van der Waals surface area contributed by atoms with Crippen LogP contribution in [-0.4, -0.2) is 50.3 Å². The minimum Gasteiger partial charge on any atom is -0.480 e. The predicted molar refractivity (Wildman–Crippen MR) is 72.2 cm³/mol. The van der Waals surface area contributed by atoms with E-state index in [9.17, 15) is 18.0 Å². The number of halogens is 1. The van der Waals surface area contributed by atoms with Gasteiger partial charge in [0.1, 0.15) is 15.8 Å². The molecule has 0 aliphatic heterocycles. The van der Waals surface area contributed by atoms with Crippen LogP contribution in [0.25, 0.3) is 0 Å². The number of sulfonamides is 1. The van der Waals surface area contributed by atoms with Gasteiger partial charge in [0.15, 0.2) is 0 Å². The summed E-state index contributed by atoms with van der Waals surface area (Å²) in [7, 11) is -3.06. The Labute approximate surface area is 126 Å². The fourth-order valence-corrected chi connectivity index (χ4v) is 4.82. The van der Waals surface area contributed by atoms with Gasteiger partial charge >= 0.3 is 11.9 Å². The van der Waals surface area contributed by atoms with Gasteiger partial charge in [-0.2, -0.15) is 4.72 Å². The van der Waals surface area contributed by atoms with E-state index in [1.165, 1.54) is 0 Å². The standard InChI is InChI=1S/C9H10BrNO7S2/c1-18-9(15)5-2-6(7(10)19-5)20(16,17)11-4(3-12)8(13)14/h2,4,11-12H,3H2,1H3,(H,13,14). The van der Waals surface area contributed by atoms with Gasteiger partial charge in [-0.3, -0.25) is 4.79 Å². The second kappa shape index (κ2) is 6.63. The van der Waals surface area contributed by atoms with Crippen molar-refractivity contribution in [2.24, 2.45) is 0 Å². The number of rotatable bonds is 6. The number of carbonyl (C=O) groups excluding carboxylic acids is 1. The molecule has 0 amide bonds. The van der Waals surface area contributed by atoms with Crippen molar-refractivity contribution < 1.29 is 33.0 Å². The smallest absolute Gasteiger partial charge is 0.348 e. The summed E-state index contributed by atoms with van der Waals surface area (Å²) in [6, 6.07) is -0.618. The quantitative estimate of drug-likeness (QED) is 0.586. The van der Waals surface area contributed by atoms with E-state index in [1.807, 2.05) is 4.72 Å². The molecule has 0 aliphatic carbocycles. The largest absolute Gasteiger partial charge is 0.480 e. The monoisotopic (exact) mass is 387 g/mol. The molecule has 1 atom stereocenters. The number of thiophene rings is 1. The Balaban J connectivity index is 3.13. The first-order valence-corrected chi connectivity index (χ1v) is 8.05. The molecule has 11 heteroatoms. The molecular formula is C9H10BrNO7S2. The summed E-state index contributed by atoms with van der Waals surface area (Å²) >= 11 is 3.81. The van der Waals surface area contributed by atoms with Crippen LogP contribution in [0, 0.1) is 0 Å². The molecule has 0 bridgehead atoms. The third-order valence-electron chi connectivity index (χ3n) is 2.11. The molecule has 1 aromatic rings. The Morgan fingerprint density at radius 2 is 2.15 bits per heavy atom. The molecule has 20 heavy (non-hydrogen) atoms. The lowest BCUT2D eigenvalue weighted by Crippen LogP contribution is -2.43. The number of carboxylic acid groups (broad SMARTS) is 1. The summed E-state index contributed by atoms with van der Waals surface area (Å²) < 4.78 is 30.4. The lowest BCUT2D eigenvalue weighted by Gasteiger charge is -2.11. The number of hydrogen-bond donors (Lipinski definition) is 3. The molecule has 0 aromatic carbocycles. The molecule has 0 saturated carbocycles. The van der Waals surface area contributed by atoms with Crippen molar-refractivity contribution in [1.82, 2.24) is 4.72 Å². The molecule has 1 rings (SSSR count). The number of aliphatic carboxylic acids is 1. The van der Waals surface area contributed by atoms with E-state index >= 15 is 0 Å². The van der Waals surface area contributed by atoms with E-state index in [4.69, 9.17) is 10.2 Å². The van der Waals surface area contributed by atoms with Crippen LogP contribution in [0.3, 0.4) is 0 Å². The zero-order valence-electron chi connectivity index (χ0n) is 9.99. The van der Waals surface area contributed by atoms with Crippen molar-refractivity contribution in [2.75, 3.05) is 13.7 Å². The highest BCUT2D eigenvalue weighted by atomic mass is 79.9. The summed E-state index contributed by atoms with van der Waals surface area (Å²) in [6.45, 7) is -0.903. The van der Waals surface area contributed by atoms with Gasteiger partial charge in [-0.15, -0.1) is 11.3 Å². The second-order valence-corrected chi connectivity index (χ2v) is 7.49. The second-order valence-electron chi connectivity index (χ2n) is 3.43. The highest BCUT2D eigenvalue weighted by Crippen LogP contribution is 2.32. The van der Waals surface area contributed by atoms with Crippen LogP contribution in [0.5, 0.6) is 0 Å². The number of methoxy groups -OCH3 is 1. The minimum atomic E-state index is -4.20. The van der Waals surface area contributed by atoms with Gasteiger partial charge in [0.25, 0.3) is 0 Å². The number of esters is 1. The molecule has 0 aliphatic rings. The topological polar surface area (TPSA) is 130 Å². The summed E-state index contributed by atoms with van der Waals surface area (Å²) in [5.74, 6) is -2.23. The molecule has 8 nitrogen and oxygen atoms in total. The lowest BCUT2D eigenvalue weighted by atomic mass is 10.3. The first-order valence-electron chi connectivity index (χ1n) is 4.96. The maximum Gasteiger partial charge on any atom is 0.348 e. The molecule has 3 N–H and O–H groups in total. The number of ether oxygens (including phenoxy) is 1. The van der Waals surface area contributed by atoms with E-state index < -0.39 is 34.6 Å². The number of carbonyl (C=O) groups is 2. The number of aliphatic hydroxyl groups is 1. The molecule has 0 spiro atoms. The first-order chi connectivity index (χ1) is 9.22. The first kappa shape index (κ1) is 17.0. The molecule has 0 fully saturated rings. The summed E-state index contributed by atoms with van der Waals surface area (Å²) in [5.41, 5.74) is 0. The van der Waals surface area contributed by atoms with Crippen LogP contribution in [0.1, 0.15) is 9.67 Å². The van der Waals surface area contributed by atoms with Crippen LogP contribution < -0.4 is 4.72 Å². The number of carboxylic acids is 1. The van der Waals surface area contributed by atoms with Gasteiger partial charge in [-0.25, -0.2) is 13.2 Å². The maximum absolute atomic E-state index is 12.0. The zero-order chi connectivity index (χ0) is 15.5. The number of nitrogens with one attached hydrogen (secondary N) is 1. The van der Waals surface area contributed by atoms with E-state index in [-0.39, 0.29) is 13.6 Å². The van der Waals surface area contributed by atoms with Gasteiger partial charge in [0.05, 0.1) is 17.5 Å². The van der Waals surface area contributed by atoms with Crippen molar-refractivity contribution >= 4 is 49.2 Å². The van der Waals surface area contributed by atoms with Crippen LogP contribution >= 0.6 is 27.3 Å². The third kappa shape index (κ3) is 3.76. The Kier molecular flexibility index (Phi) is 5.65. The Hall–Kier alpha value is -1.01. The predicted octanol–water partition coefficient (Wildman–Crippen LogP) is 0.0210. The lowest BCUT2D eigenvalue weighted by molar-refractivity contribution is -0.139. The van der Waals surface area contributed by atoms with Crippen molar-refractivity contribution in [3.8, 4) is 0 Å². The van der Waals surface area contributed by atoms with Crippen molar-refractivity contribution in [3.05, 3.63) is 14.7 Å². The maximum atomic E-state index is 12.0. The minimum absolute atomic E-state index is 0.0376. The summed E-state index contributed by atoms with van der Waals surface area (Å²) in [6.07, 6.45) is 0. The fourth-order valence-electron chi connectivity index (χ4n) is 1.15. The molecule has 1 heterocycles. The van der Waals surface area contributed by atoms with Crippen molar-refractivity contribution in [1.29, 1.82) is 0 Å². The van der Waals surface area contributed by atoms with Crippen LogP contribution in [0.15, 0.2) is 14.7 Å². The average Bonchev–Trinajstić information content (AvgIpc) is 2.77. The SMILES string of the molecule is COC(=O)c1cc(S(=O)(=O)NC(CO)C(=O)O)c(Br)s1. The highest BCUT2D eigenvalue weighted by Gasteiger charge is 2.28. The van der Waals surface area contributed by atoms with Gasteiger partial charge in [0.2, 0.25) is 10.0 Å². The van der Waals surface area contributed by atoms with Crippen LogP contribution in [0.2, 0.25) is 0 Å². The normalized spacial score (nSPS) is 12.9. The molecular weight excluding hydrogens is 378 g/mol. The Morgan fingerprint density at radius 1 is 1.55 bits per heavy atom. The van der Waals surface area contributed by atoms with Gasteiger partial charge in [0, 0.05) is 0 Å². The zero-order valence-corrected chi connectivity index (χ0v) is 13.2. The third-order valence-corrected chi connectivity index (χ3v) is 5.81. The van der Waals surface area contributed by atoms with Crippen molar-refractivity contribution in [3.63, 3.8) is 0 Å². The van der Waals surface area contributed by atoms with E-state index in [1.54, 1.807) is 0 Å². The number of hydrogen-bond acceptors (Lipinski definition) is 7. The fraction of sp³-hybridized carbons (Fsp3) is 0.333.